The number of para-hydroxylation sites is 1. The van der Waals surface area contributed by atoms with Gasteiger partial charge in [0.1, 0.15) is 12.2 Å². The summed E-state index contributed by atoms with van der Waals surface area (Å²) < 4.78 is 19.7. The van der Waals surface area contributed by atoms with Gasteiger partial charge in [0.25, 0.3) is 0 Å². The molecule has 1 aliphatic heterocycles. The smallest absolute Gasteiger partial charge is 0.247 e. The first-order valence-corrected chi connectivity index (χ1v) is 10.1. The molecule has 1 saturated heterocycles. The van der Waals surface area contributed by atoms with Gasteiger partial charge in [-0.1, -0.05) is 18.2 Å². The van der Waals surface area contributed by atoms with Crippen LogP contribution in [0.3, 0.4) is 0 Å². The van der Waals surface area contributed by atoms with Crippen LogP contribution in [0.5, 0.6) is 0 Å². The molecule has 0 radical (unpaired) electrons. The molecular formula is C23H20FN5O2. The number of hydrogen-bond donors (Lipinski definition) is 0. The van der Waals surface area contributed by atoms with Gasteiger partial charge in [0, 0.05) is 43.3 Å². The molecule has 1 aliphatic rings. The Bertz CT molecular complexity index is 1230. The van der Waals surface area contributed by atoms with Crippen molar-refractivity contribution in [2.45, 2.75) is 6.42 Å². The SMILES string of the molecule is O=C(Cc1nnc(-c2ccc3ncccc3c2)o1)N1CCN(c2ccccc2F)CC1. The van der Waals surface area contributed by atoms with E-state index in [0.29, 0.717) is 37.8 Å². The van der Waals surface area contributed by atoms with Gasteiger partial charge in [-0.2, -0.15) is 0 Å². The summed E-state index contributed by atoms with van der Waals surface area (Å²) in [6, 6.07) is 16.2. The third-order valence-electron chi connectivity index (χ3n) is 5.44. The lowest BCUT2D eigenvalue weighted by Crippen LogP contribution is -2.49. The maximum absolute atomic E-state index is 14.0. The second kappa shape index (κ2) is 8.14. The van der Waals surface area contributed by atoms with E-state index in [-0.39, 0.29) is 24.0 Å². The van der Waals surface area contributed by atoms with Gasteiger partial charge in [0.05, 0.1) is 11.2 Å². The van der Waals surface area contributed by atoms with Crippen LogP contribution in [0.1, 0.15) is 5.89 Å². The average Bonchev–Trinajstić information content (AvgIpc) is 3.28. The molecule has 156 valence electrons. The van der Waals surface area contributed by atoms with Crippen molar-refractivity contribution < 1.29 is 13.6 Å². The van der Waals surface area contributed by atoms with E-state index >= 15 is 0 Å². The molecule has 0 atom stereocenters. The highest BCUT2D eigenvalue weighted by Crippen LogP contribution is 2.23. The number of carbonyl (C=O) groups excluding carboxylic acids is 1. The van der Waals surface area contributed by atoms with E-state index in [1.165, 1.54) is 6.07 Å². The summed E-state index contributed by atoms with van der Waals surface area (Å²) in [5.41, 5.74) is 2.24. The second-order valence-corrected chi connectivity index (χ2v) is 7.41. The molecule has 1 fully saturated rings. The van der Waals surface area contributed by atoms with Crippen LogP contribution in [0.25, 0.3) is 22.4 Å². The fourth-order valence-corrected chi connectivity index (χ4v) is 3.80. The van der Waals surface area contributed by atoms with Crippen molar-refractivity contribution in [3.05, 3.63) is 72.5 Å². The number of fused-ring (bicyclic) bond motifs is 1. The van der Waals surface area contributed by atoms with E-state index < -0.39 is 0 Å². The number of pyridine rings is 1. The van der Waals surface area contributed by atoms with Gasteiger partial charge in [-0.05, 0) is 36.4 Å². The second-order valence-electron chi connectivity index (χ2n) is 7.41. The molecule has 0 aliphatic carbocycles. The van der Waals surface area contributed by atoms with Crippen LogP contribution in [0.2, 0.25) is 0 Å². The fraction of sp³-hybridized carbons (Fsp3) is 0.217. The van der Waals surface area contributed by atoms with Crippen LogP contribution in [-0.4, -0.2) is 52.2 Å². The van der Waals surface area contributed by atoms with E-state index in [4.69, 9.17) is 4.42 Å². The van der Waals surface area contributed by atoms with Gasteiger partial charge in [-0.15, -0.1) is 10.2 Å². The van der Waals surface area contributed by atoms with Crippen molar-refractivity contribution in [1.82, 2.24) is 20.1 Å². The lowest BCUT2D eigenvalue weighted by molar-refractivity contribution is -0.131. The van der Waals surface area contributed by atoms with E-state index in [9.17, 15) is 9.18 Å². The topological polar surface area (TPSA) is 75.4 Å². The van der Waals surface area contributed by atoms with Crippen LogP contribution in [0.15, 0.2) is 65.2 Å². The summed E-state index contributed by atoms with van der Waals surface area (Å²) in [5.74, 6) is 0.331. The number of aromatic nitrogens is 3. The quantitative estimate of drug-likeness (QED) is 0.507. The van der Waals surface area contributed by atoms with Gasteiger partial charge >= 0.3 is 0 Å². The number of halogens is 1. The molecule has 0 saturated carbocycles. The lowest BCUT2D eigenvalue weighted by Gasteiger charge is -2.36. The van der Waals surface area contributed by atoms with E-state index in [2.05, 4.69) is 15.2 Å². The lowest BCUT2D eigenvalue weighted by atomic mass is 10.1. The van der Waals surface area contributed by atoms with E-state index in [1.807, 2.05) is 41.3 Å². The first-order chi connectivity index (χ1) is 15.2. The Kier molecular flexibility index (Phi) is 5.03. The zero-order valence-electron chi connectivity index (χ0n) is 16.7. The third-order valence-corrected chi connectivity index (χ3v) is 5.44. The predicted molar refractivity (Wildman–Crippen MR) is 114 cm³/mol. The van der Waals surface area contributed by atoms with Crippen molar-refractivity contribution in [3.63, 3.8) is 0 Å². The number of hydrogen-bond acceptors (Lipinski definition) is 6. The van der Waals surface area contributed by atoms with E-state index in [1.54, 1.807) is 23.2 Å². The van der Waals surface area contributed by atoms with Gasteiger partial charge < -0.3 is 14.2 Å². The Labute approximate surface area is 178 Å². The summed E-state index contributed by atoms with van der Waals surface area (Å²) >= 11 is 0. The normalized spacial score (nSPS) is 14.2. The molecule has 8 heteroatoms. The molecule has 3 heterocycles. The van der Waals surface area contributed by atoms with Crippen LogP contribution >= 0.6 is 0 Å². The fourth-order valence-electron chi connectivity index (χ4n) is 3.80. The van der Waals surface area contributed by atoms with Gasteiger partial charge in [-0.25, -0.2) is 4.39 Å². The molecule has 0 N–H and O–H groups in total. The molecule has 1 amide bonds. The van der Waals surface area contributed by atoms with Crippen LogP contribution < -0.4 is 4.90 Å². The Morgan fingerprint density at radius 2 is 1.84 bits per heavy atom. The average molecular weight is 417 g/mol. The zero-order valence-corrected chi connectivity index (χ0v) is 16.7. The summed E-state index contributed by atoms with van der Waals surface area (Å²) in [7, 11) is 0. The Hall–Kier alpha value is -3.81. The summed E-state index contributed by atoms with van der Waals surface area (Å²) in [6.07, 6.45) is 1.79. The first kappa shape index (κ1) is 19.2. The van der Waals surface area contributed by atoms with Gasteiger partial charge in [0.15, 0.2) is 0 Å². The molecule has 7 nitrogen and oxygen atoms in total. The molecule has 2 aromatic heterocycles. The zero-order chi connectivity index (χ0) is 21.2. The number of rotatable bonds is 4. The molecule has 0 bridgehead atoms. The van der Waals surface area contributed by atoms with Crippen LogP contribution in [0.4, 0.5) is 10.1 Å². The number of piperazine rings is 1. The summed E-state index contributed by atoms with van der Waals surface area (Å²) in [6.45, 7) is 2.19. The summed E-state index contributed by atoms with van der Waals surface area (Å²) in [4.78, 5) is 20.7. The maximum Gasteiger partial charge on any atom is 0.247 e. The first-order valence-electron chi connectivity index (χ1n) is 10.1. The Balaban J connectivity index is 1.22. The minimum Gasteiger partial charge on any atom is -0.420 e. The number of amides is 1. The summed E-state index contributed by atoms with van der Waals surface area (Å²) in [5, 5.41) is 9.11. The standard InChI is InChI=1S/C23H20FN5O2/c24-18-5-1-2-6-20(18)28-10-12-29(13-11-28)22(30)15-21-26-27-23(31-21)17-7-8-19-16(14-17)4-3-9-25-19/h1-9,14H,10-13,15H2. The molecule has 31 heavy (non-hydrogen) atoms. The maximum atomic E-state index is 14.0. The Morgan fingerprint density at radius 3 is 2.68 bits per heavy atom. The molecular weight excluding hydrogens is 397 g/mol. The van der Waals surface area contributed by atoms with Gasteiger partial charge in [-0.3, -0.25) is 9.78 Å². The number of carbonyl (C=O) groups is 1. The predicted octanol–water partition coefficient (Wildman–Crippen LogP) is 3.32. The number of nitrogens with zero attached hydrogens (tertiary/aromatic N) is 5. The molecule has 0 unspecified atom stereocenters. The highest BCUT2D eigenvalue weighted by Gasteiger charge is 2.24. The van der Waals surface area contributed by atoms with Gasteiger partial charge in [0.2, 0.25) is 17.7 Å². The third kappa shape index (κ3) is 3.96. The Morgan fingerprint density at radius 1 is 1.00 bits per heavy atom. The molecule has 0 spiro atoms. The van der Waals surface area contributed by atoms with E-state index in [0.717, 1.165) is 16.5 Å². The monoisotopic (exact) mass is 417 g/mol. The van der Waals surface area contributed by atoms with Crippen LogP contribution in [0, 0.1) is 5.82 Å². The molecule has 5 rings (SSSR count). The molecule has 2 aromatic carbocycles. The highest BCUT2D eigenvalue weighted by atomic mass is 19.1. The minimum atomic E-state index is -0.245. The van der Waals surface area contributed by atoms with Crippen LogP contribution in [-0.2, 0) is 11.2 Å². The largest absolute Gasteiger partial charge is 0.420 e. The van der Waals surface area contributed by atoms with Crippen molar-refractivity contribution in [1.29, 1.82) is 0 Å². The van der Waals surface area contributed by atoms with Crippen molar-refractivity contribution in [3.8, 4) is 11.5 Å². The van der Waals surface area contributed by atoms with Crippen molar-refractivity contribution in [2.75, 3.05) is 31.1 Å². The highest BCUT2D eigenvalue weighted by molar-refractivity contribution is 5.83. The number of benzene rings is 2. The minimum absolute atomic E-state index is 0.0435. The van der Waals surface area contributed by atoms with Crippen molar-refractivity contribution in [2.24, 2.45) is 0 Å². The van der Waals surface area contributed by atoms with Crippen molar-refractivity contribution >= 4 is 22.5 Å². The number of anilines is 1. The molecule has 4 aromatic rings.